The van der Waals surface area contributed by atoms with Crippen molar-refractivity contribution in [2.75, 3.05) is 39.5 Å². The number of rotatable bonds is 7. The van der Waals surface area contributed by atoms with E-state index in [0.29, 0.717) is 5.69 Å². The molecule has 28 heavy (non-hydrogen) atoms. The largest absolute Gasteiger partial charge is 0.444 e. The van der Waals surface area contributed by atoms with E-state index < -0.39 is 11.7 Å². The van der Waals surface area contributed by atoms with Crippen LogP contribution in [0, 0.1) is 0 Å². The molecule has 0 radical (unpaired) electrons. The van der Waals surface area contributed by atoms with E-state index in [4.69, 9.17) is 4.74 Å². The van der Waals surface area contributed by atoms with Crippen LogP contribution in [0.15, 0.2) is 29.3 Å². The molecule has 3 N–H and O–H groups in total. The molecule has 0 heterocycles. The highest BCUT2D eigenvalue weighted by Gasteiger charge is 2.20. The number of nitrogens with zero attached hydrogens (tertiary/aromatic N) is 2. The molecular formula is C21H37N5O2. The average molecular weight is 392 g/mol. The average Bonchev–Trinajstić information content (AvgIpc) is 2.57. The summed E-state index contributed by atoms with van der Waals surface area (Å²) in [6.07, 6.45) is 0.405. The van der Waals surface area contributed by atoms with E-state index in [-0.39, 0.29) is 5.54 Å². The number of aliphatic imine (C=N–C) groups is 1. The summed E-state index contributed by atoms with van der Waals surface area (Å²) >= 11 is 0. The number of amides is 1. The SMILES string of the molecule is CN=C(NCCc1ccc(NC(=O)OC(C)(C)C)cc1)NCC(C)(C)N(C)C. The first-order chi connectivity index (χ1) is 12.9. The van der Waals surface area contributed by atoms with Gasteiger partial charge in [0.05, 0.1) is 0 Å². The molecule has 0 fully saturated rings. The summed E-state index contributed by atoms with van der Waals surface area (Å²) in [5.41, 5.74) is 1.42. The molecule has 7 nitrogen and oxygen atoms in total. The van der Waals surface area contributed by atoms with Crippen LogP contribution in [-0.4, -0.2) is 62.3 Å². The number of likely N-dealkylation sites (N-methyl/N-ethyl adjacent to an activating group) is 1. The van der Waals surface area contributed by atoms with Gasteiger partial charge in [-0.2, -0.15) is 0 Å². The molecule has 1 aromatic rings. The number of ether oxygens (including phenoxy) is 1. The Kier molecular flexibility index (Phi) is 8.75. The predicted molar refractivity (Wildman–Crippen MR) is 117 cm³/mol. The van der Waals surface area contributed by atoms with Gasteiger partial charge in [0.25, 0.3) is 0 Å². The first-order valence-corrected chi connectivity index (χ1v) is 9.64. The number of benzene rings is 1. The highest BCUT2D eigenvalue weighted by atomic mass is 16.6. The van der Waals surface area contributed by atoms with Crippen LogP contribution in [0.5, 0.6) is 0 Å². The zero-order chi connectivity index (χ0) is 21.4. The van der Waals surface area contributed by atoms with Gasteiger partial charge in [-0.15, -0.1) is 0 Å². The third-order valence-corrected chi connectivity index (χ3v) is 4.43. The van der Waals surface area contributed by atoms with Crippen molar-refractivity contribution in [2.24, 2.45) is 4.99 Å². The zero-order valence-electron chi connectivity index (χ0n) is 18.6. The van der Waals surface area contributed by atoms with E-state index in [1.807, 2.05) is 45.0 Å². The molecule has 1 rings (SSSR count). The van der Waals surface area contributed by atoms with Crippen LogP contribution in [0.1, 0.15) is 40.2 Å². The Labute approximate surface area is 169 Å². The first-order valence-electron chi connectivity index (χ1n) is 9.64. The van der Waals surface area contributed by atoms with Gasteiger partial charge in [-0.3, -0.25) is 10.3 Å². The van der Waals surface area contributed by atoms with Gasteiger partial charge in [0.15, 0.2) is 5.96 Å². The predicted octanol–water partition coefficient (Wildman–Crippen LogP) is 3.08. The molecule has 158 valence electrons. The Morgan fingerprint density at radius 1 is 1.07 bits per heavy atom. The van der Waals surface area contributed by atoms with Crippen molar-refractivity contribution in [1.29, 1.82) is 0 Å². The molecular weight excluding hydrogens is 354 g/mol. The molecule has 0 saturated carbocycles. The quantitative estimate of drug-likeness (QED) is 0.492. The van der Waals surface area contributed by atoms with Crippen LogP contribution >= 0.6 is 0 Å². The van der Waals surface area contributed by atoms with Crippen LogP contribution in [0.2, 0.25) is 0 Å². The van der Waals surface area contributed by atoms with E-state index in [0.717, 1.165) is 25.5 Å². The van der Waals surface area contributed by atoms with Crippen LogP contribution in [0.4, 0.5) is 10.5 Å². The number of hydrogen-bond donors (Lipinski definition) is 3. The molecule has 1 amide bonds. The van der Waals surface area contributed by atoms with E-state index in [1.54, 1.807) is 7.05 Å². The summed E-state index contributed by atoms with van der Waals surface area (Å²) in [5, 5.41) is 9.43. The van der Waals surface area contributed by atoms with Crippen LogP contribution in [0.3, 0.4) is 0 Å². The van der Waals surface area contributed by atoms with Gasteiger partial charge in [-0.05, 0) is 72.8 Å². The van der Waals surface area contributed by atoms with E-state index >= 15 is 0 Å². The van der Waals surface area contributed by atoms with Crippen molar-refractivity contribution >= 4 is 17.7 Å². The standard InChI is InChI=1S/C21H37N5O2/c1-20(2,3)28-19(27)25-17-11-9-16(10-12-17)13-14-23-18(22-6)24-15-21(4,5)26(7)8/h9-12H,13-15H2,1-8H3,(H,25,27)(H2,22,23,24). The Balaban J connectivity index is 2.43. The Bertz CT molecular complexity index is 646. The second kappa shape index (κ2) is 10.3. The summed E-state index contributed by atoms with van der Waals surface area (Å²) in [6.45, 7) is 11.4. The fourth-order valence-corrected chi connectivity index (χ4v) is 2.18. The third-order valence-electron chi connectivity index (χ3n) is 4.43. The number of guanidine groups is 1. The Hall–Kier alpha value is -2.28. The van der Waals surface area contributed by atoms with E-state index in [9.17, 15) is 4.79 Å². The summed E-state index contributed by atoms with van der Waals surface area (Å²) < 4.78 is 5.25. The van der Waals surface area contributed by atoms with Gasteiger partial charge >= 0.3 is 6.09 Å². The maximum absolute atomic E-state index is 11.8. The van der Waals surface area contributed by atoms with Gasteiger partial charge in [-0.25, -0.2) is 4.79 Å². The molecule has 1 aromatic carbocycles. The molecule has 0 aliphatic rings. The second-order valence-electron chi connectivity index (χ2n) is 8.63. The van der Waals surface area contributed by atoms with Crippen molar-refractivity contribution in [1.82, 2.24) is 15.5 Å². The van der Waals surface area contributed by atoms with Crippen LogP contribution in [0.25, 0.3) is 0 Å². The van der Waals surface area contributed by atoms with Crippen molar-refractivity contribution in [3.8, 4) is 0 Å². The first kappa shape index (κ1) is 23.8. The fraction of sp³-hybridized carbons (Fsp3) is 0.619. The van der Waals surface area contributed by atoms with E-state index in [2.05, 4.69) is 53.8 Å². The summed E-state index contributed by atoms with van der Waals surface area (Å²) in [5.74, 6) is 0.790. The van der Waals surface area contributed by atoms with Crippen molar-refractivity contribution in [2.45, 2.75) is 52.2 Å². The molecule has 7 heteroatoms. The summed E-state index contributed by atoms with van der Waals surface area (Å²) in [4.78, 5) is 18.3. The lowest BCUT2D eigenvalue weighted by Crippen LogP contribution is -2.51. The Morgan fingerprint density at radius 3 is 2.18 bits per heavy atom. The Morgan fingerprint density at radius 2 is 1.68 bits per heavy atom. The third kappa shape index (κ3) is 9.08. The normalized spacial score (nSPS) is 12.7. The minimum Gasteiger partial charge on any atom is -0.444 e. The van der Waals surface area contributed by atoms with Gasteiger partial charge in [-0.1, -0.05) is 12.1 Å². The number of carbonyl (C=O) groups excluding carboxylic acids is 1. The van der Waals surface area contributed by atoms with Crippen LogP contribution in [-0.2, 0) is 11.2 Å². The highest BCUT2D eigenvalue weighted by molar-refractivity contribution is 5.84. The molecule has 0 bridgehead atoms. The van der Waals surface area contributed by atoms with E-state index in [1.165, 1.54) is 5.56 Å². The maximum atomic E-state index is 11.8. The highest BCUT2D eigenvalue weighted by Crippen LogP contribution is 2.13. The lowest BCUT2D eigenvalue weighted by molar-refractivity contribution is 0.0636. The topological polar surface area (TPSA) is 78.0 Å². The molecule has 0 spiro atoms. The smallest absolute Gasteiger partial charge is 0.412 e. The minimum absolute atomic E-state index is 0.0363. The molecule has 0 atom stereocenters. The molecule has 0 saturated heterocycles. The minimum atomic E-state index is -0.510. The summed E-state index contributed by atoms with van der Waals surface area (Å²) in [7, 11) is 5.91. The number of anilines is 1. The number of nitrogens with one attached hydrogen (secondary N) is 3. The molecule has 0 unspecified atom stereocenters. The fourth-order valence-electron chi connectivity index (χ4n) is 2.18. The zero-order valence-corrected chi connectivity index (χ0v) is 18.6. The second-order valence-corrected chi connectivity index (χ2v) is 8.63. The lowest BCUT2D eigenvalue weighted by Gasteiger charge is -2.33. The van der Waals surface area contributed by atoms with Crippen molar-refractivity contribution in [3.05, 3.63) is 29.8 Å². The van der Waals surface area contributed by atoms with Gasteiger partial charge < -0.3 is 20.3 Å². The number of hydrogen-bond acceptors (Lipinski definition) is 4. The van der Waals surface area contributed by atoms with Gasteiger partial charge in [0.1, 0.15) is 5.60 Å². The molecule has 0 aromatic heterocycles. The maximum Gasteiger partial charge on any atom is 0.412 e. The van der Waals surface area contributed by atoms with Gasteiger partial charge in [0, 0.05) is 31.4 Å². The monoisotopic (exact) mass is 391 g/mol. The summed E-state index contributed by atoms with van der Waals surface area (Å²) in [6, 6.07) is 7.76. The van der Waals surface area contributed by atoms with Crippen molar-refractivity contribution < 1.29 is 9.53 Å². The van der Waals surface area contributed by atoms with Crippen molar-refractivity contribution in [3.63, 3.8) is 0 Å². The van der Waals surface area contributed by atoms with Crippen LogP contribution < -0.4 is 16.0 Å². The number of carbonyl (C=O) groups is 1. The van der Waals surface area contributed by atoms with Gasteiger partial charge in [0.2, 0.25) is 0 Å². The molecule has 0 aliphatic heterocycles. The lowest BCUT2D eigenvalue weighted by atomic mass is 10.0. The molecule has 0 aliphatic carbocycles.